The molecule has 2 rings (SSSR count). The standard InChI is InChI=1S/C49H88N6O18/c1-30(2)42(64)33(18-11-13-23-50-37(61)20-8-5-15-25-56)55-47(69)34(54-39(63)22-10-7-17-27-71-49-41(53-32(4)60)46(68)44(66)36(29-58)73-49)19-12-14-24-51-38(62)21-9-6-16-26-70-48-40(52-31(3)59)45(67)43(65)35(28-57)72-48/h30,33-36,40-41,43-46,48-49,56-58,65-68H,5-29H2,1-4H3,(H,50,61)(H,51,62)(H,52,59)(H,53,60)(H,54,63)(H,55,69). The molecule has 24 nitrogen and oxygen atoms in total. The number of carbonyl (C=O) groups excluding carboxylic acids is 7. The molecule has 12 atom stereocenters. The highest BCUT2D eigenvalue weighted by Gasteiger charge is 2.46. The fourth-order valence-electron chi connectivity index (χ4n) is 8.40. The Hall–Kier alpha value is -3.95. The molecular formula is C49H88N6O18. The molecule has 0 saturated carbocycles. The Kier molecular flexibility index (Phi) is 32.9. The molecule has 0 radical (unpaired) electrons. The predicted molar refractivity (Wildman–Crippen MR) is 263 cm³/mol. The summed E-state index contributed by atoms with van der Waals surface area (Å²) in [6, 6.07) is -3.95. The highest BCUT2D eigenvalue weighted by atomic mass is 16.7. The molecule has 0 aromatic rings. The molecule has 0 aliphatic carbocycles. The summed E-state index contributed by atoms with van der Waals surface area (Å²) in [5.74, 6) is -2.71. The smallest absolute Gasteiger partial charge is 0.243 e. The fourth-order valence-corrected chi connectivity index (χ4v) is 8.40. The average Bonchev–Trinajstić information content (AvgIpc) is 3.34. The maximum absolute atomic E-state index is 13.9. The molecular weight excluding hydrogens is 961 g/mol. The molecule has 2 heterocycles. The minimum Gasteiger partial charge on any atom is -0.396 e. The Morgan fingerprint density at radius 2 is 0.932 bits per heavy atom. The van der Waals surface area contributed by atoms with Crippen molar-refractivity contribution in [1.82, 2.24) is 31.9 Å². The van der Waals surface area contributed by atoms with Gasteiger partial charge in [-0.05, 0) is 77.0 Å². The minimum atomic E-state index is -1.45. The van der Waals surface area contributed by atoms with Gasteiger partial charge in [0.25, 0.3) is 0 Å². The lowest BCUT2D eigenvalue weighted by atomic mass is 9.96. The molecule has 12 unspecified atom stereocenters. The van der Waals surface area contributed by atoms with E-state index in [-0.39, 0.29) is 56.7 Å². The number of aliphatic hydroxyl groups is 7. The highest BCUT2D eigenvalue weighted by molar-refractivity contribution is 5.93. The lowest BCUT2D eigenvalue weighted by Gasteiger charge is -2.42. The molecule has 2 aliphatic rings. The first-order valence-corrected chi connectivity index (χ1v) is 26.1. The van der Waals surface area contributed by atoms with Gasteiger partial charge >= 0.3 is 0 Å². The summed E-state index contributed by atoms with van der Waals surface area (Å²) in [6.45, 7) is 5.87. The Balaban J connectivity index is 1.92. The summed E-state index contributed by atoms with van der Waals surface area (Å²) < 4.78 is 22.6. The van der Waals surface area contributed by atoms with E-state index in [0.29, 0.717) is 103 Å². The van der Waals surface area contributed by atoms with E-state index in [9.17, 15) is 64.2 Å². The van der Waals surface area contributed by atoms with Gasteiger partial charge in [0.15, 0.2) is 18.4 Å². The van der Waals surface area contributed by atoms with E-state index >= 15 is 0 Å². The van der Waals surface area contributed by atoms with E-state index in [0.717, 1.165) is 6.42 Å². The van der Waals surface area contributed by atoms with Gasteiger partial charge < -0.3 is 86.6 Å². The number of Topliss-reactive ketones (excluding diaryl/α,β-unsaturated/α-hetero) is 1. The molecule has 6 amide bonds. The van der Waals surface area contributed by atoms with Crippen LogP contribution in [-0.2, 0) is 52.5 Å². The average molecular weight is 1050 g/mol. The summed E-state index contributed by atoms with van der Waals surface area (Å²) in [6.07, 6.45) is -1.93. The number of rotatable bonds is 38. The second-order valence-corrected chi connectivity index (χ2v) is 19.2. The number of carbonyl (C=O) groups is 7. The molecule has 2 fully saturated rings. The van der Waals surface area contributed by atoms with Crippen LogP contribution < -0.4 is 31.9 Å². The van der Waals surface area contributed by atoms with E-state index in [4.69, 9.17) is 24.1 Å². The summed E-state index contributed by atoms with van der Waals surface area (Å²) >= 11 is 0. The quantitative estimate of drug-likeness (QED) is 0.0308. The number of nitrogens with one attached hydrogen (secondary N) is 6. The van der Waals surface area contributed by atoms with Crippen LogP contribution in [0.3, 0.4) is 0 Å². The summed E-state index contributed by atoms with van der Waals surface area (Å²) in [5, 5.41) is 85.9. The molecule has 0 aromatic carbocycles. The van der Waals surface area contributed by atoms with Crippen molar-refractivity contribution in [3.8, 4) is 0 Å². The van der Waals surface area contributed by atoms with Gasteiger partial charge in [0, 0.05) is 71.9 Å². The second kappa shape index (κ2) is 36.9. The van der Waals surface area contributed by atoms with Gasteiger partial charge in [0.05, 0.1) is 19.3 Å². The topological polar surface area (TPSA) is 370 Å². The maximum Gasteiger partial charge on any atom is 0.243 e. The molecule has 13 N–H and O–H groups in total. The third-order valence-corrected chi connectivity index (χ3v) is 12.6. The minimum absolute atomic E-state index is 0.0583. The molecule has 422 valence electrons. The van der Waals surface area contributed by atoms with Crippen molar-refractivity contribution >= 4 is 41.2 Å². The number of ketones is 1. The largest absolute Gasteiger partial charge is 0.396 e. The van der Waals surface area contributed by atoms with E-state index in [1.165, 1.54) is 13.8 Å². The van der Waals surface area contributed by atoms with Crippen LogP contribution in [0.5, 0.6) is 0 Å². The summed E-state index contributed by atoms with van der Waals surface area (Å²) in [7, 11) is 0. The first-order valence-electron chi connectivity index (χ1n) is 26.1. The maximum atomic E-state index is 13.9. The third kappa shape index (κ3) is 25.4. The molecule has 2 saturated heterocycles. The van der Waals surface area contributed by atoms with Crippen LogP contribution in [0.25, 0.3) is 0 Å². The summed E-state index contributed by atoms with van der Waals surface area (Å²) in [5.41, 5.74) is 0. The van der Waals surface area contributed by atoms with E-state index in [2.05, 4.69) is 31.9 Å². The number of aliphatic hydroxyl groups excluding tert-OH is 7. The highest BCUT2D eigenvalue weighted by Crippen LogP contribution is 2.24. The van der Waals surface area contributed by atoms with Crippen LogP contribution in [-0.4, -0.2) is 196 Å². The van der Waals surface area contributed by atoms with Gasteiger partial charge in [0.2, 0.25) is 35.4 Å². The summed E-state index contributed by atoms with van der Waals surface area (Å²) in [4.78, 5) is 88.7. The zero-order valence-corrected chi connectivity index (χ0v) is 43.3. The van der Waals surface area contributed by atoms with Crippen molar-refractivity contribution in [1.29, 1.82) is 0 Å². The van der Waals surface area contributed by atoms with E-state index < -0.39 is 116 Å². The monoisotopic (exact) mass is 1050 g/mol. The van der Waals surface area contributed by atoms with Crippen LogP contribution >= 0.6 is 0 Å². The van der Waals surface area contributed by atoms with Gasteiger partial charge in [-0.1, -0.05) is 33.1 Å². The van der Waals surface area contributed by atoms with Crippen LogP contribution in [0.15, 0.2) is 0 Å². The third-order valence-electron chi connectivity index (χ3n) is 12.6. The van der Waals surface area contributed by atoms with Gasteiger partial charge in [-0.2, -0.15) is 0 Å². The van der Waals surface area contributed by atoms with Crippen molar-refractivity contribution in [2.75, 3.05) is 46.1 Å². The van der Waals surface area contributed by atoms with Crippen molar-refractivity contribution < 1.29 is 88.3 Å². The van der Waals surface area contributed by atoms with Gasteiger partial charge in [-0.15, -0.1) is 0 Å². The van der Waals surface area contributed by atoms with Crippen LogP contribution in [0.1, 0.15) is 143 Å². The normalized spacial score (nSPS) is 24.8. The SMILES string of the molecule is CC(=O)NC1C(OCCCCCC(=O)NCCCCC(NC(=O)CCCCCOC2OC(CO)C(O)C(O)C2NC(C)=O)C(=O)NC(CCCCNC(=O)CCCCCO)C(=O)C(C)C)OC(CO)C(O)C1O. The van der Waals surface area contributed by atoms with Crippen LogP contribution in [0.4, 0.5) is 0 Å². The Bertz CT molecular complexity index is 1650. The Morgan fingerprint density at radius 3 is 1.34 bits per heavy atom. The Morgan fingerprint density at radius 1 is 0.507 bits per heavy atom. The first kappa shape index (κ1) is 65.2. The van der Waals surface area contributed by atoms with Gasteiger partial charge in [-0.25, -0.2) is 0 Å². The number of ether oxygens (including phenoxy) is 4. The first-order chi connectivity index (χ1) is 34.8. The second-order valence-electron chi connectivity index (χ2n) is 19.2. The molecule has 0 aromatic heterocycles. The molecule has 0 spiro atoms. The molecule has 73 heavy (non-hydrogen) atoms. The van der Waals surface area contributed by atoms with Crippen molar-refractivity contribution in [2.45, 2.75) is 217 Å². The van der Waals surface area contributed by atoms with Gasteiger partial charge in [-0.3, -0.25) is 33.6 Å². The lowest BCUT2D eigenvalue weighted by molar-refractivity contribution is -0.270. The van der Waals surface area contributed by atoms with Gasteiger partial charge in [0.1, 0.15) is 54.7 Å². The lowest BCUT2D eigenvalue weighted by Crippen LogP contribution is -2.64. The van der Waals surface area contributed by atoms with Crippen LogP contribution in [0, 0.1) is 5.92 Å². The van der Waals surface area contributed by atoms with Crippen molar-refractivity contribution in [2.24, 2.45) is 5.92 Å². The van der Waals surface area contributed by atoms with Crippen molar-refractivity contribution in [3.05, 3.63) is 0 Å². The molecule has 2 aliphatic heterocycles. The number of unbranched alkanes of at least 4 members (excludes halogenated alkanes) is 8. The van der Waals surface area contributed by atoms with Crippen LogP contribution in [0.2, 0.25) is 0 Å². The number of hydrogen-bond donors (Lipinski definition) is 13. The number of hydrogen-bond acceptors (Lipinski definition) is 18. The number of amides is 6. The van der Waals surface area contributed by atoms with E-state index in [1.807, 2.05) is 0 Å². The zero-order valence-electron chi connectivity index (χ0n) is 43.3. The van der Waals surface area contributed by atoms with Crippen molar-refractivity contribution in [3.63, 3.8) is 0 Å². The predicted octanol–water partition coefficient (Wildman–Crippen LogP) is -1.65. The molecule has 0 bridgehead atoms. The molecule has 24 heteroatoms. The van der Waals surface area contributed by atoms with E-state index in [1.54, 1.807) is 13.8 Å². The Labute approximate surface area is 429 Å². The zero-order chi connectivity index (χ0) is 54.3. The fraction of sp³-hybridized carbons (Fsp3) is 0.857.